The number of rotatable bonds is 10. The Morgan fingerprint density at radius 1 is 0.932 bits per heavy atom. The number of morpholine rings is 1. The fourth-order valence-electron chi connectivity index (χ4n) is 5.35. The Hall–Kier alpha value is -3.60. The molecule has 0 spiro atoms. The van der Waals surface area contributed by atoms with Crippen LogP contribution < -0.4 is 4.74 Å². The molecule has 2 heterocycles. The predicted octanol–water partition coefficient (Wildman–Crippen LogP) is 7.16. The number of fused-ring (bicyclic) bond motifs is 1. The van der Waals surface area contributed by atoms with Crippen LogP contribution in [0.5, 0.6) is 5.75 Å². The lowest BCUT2D eigenvalue weighted by Gasteiger charge is -2.26. The van der Waals surface area contributed by atoms with E-state index in [0.717, 1.165) is 70.1 Å². The van der Waals surface area contributed by atoms with Gasteiger partial charge in [-0.05, 0) is 70.3 Å². The number of carboxylic acid groups (broad SMARTS) is 1. The largest absolute Gasteiger partial charge is 0.492 e. The van der Waals surface area contributed by atoms with E-state index in [0.29, 0.717) is 24.6 Å². The molecule has 6 nitrogen and oxygen atoms in total. The first-order chi connectivity index (χ1) is 21.4. The lowest BCUT2D eigenvalue weighted by atomic mass is 9.98. The van der Waals surface area contributed by atoms with Gasteiger partial charge < -0.3 is 19.5 Å². The molecule has 2 saturated heterocycles. The smallest absolute Gasteiger partial charge is 0.335 e. The van der Waals surface area contributed by atoms with Crippen LogP contribution in [-0.4, -0.2) is 76.2 Å². The summed E-state index contributed by atoms with van der Waals surface area (Å²) in [5.41, 5.74) is 4.46. The van der Waals surface area contributed by atoms with Crippen LogP contribution in [0, 0.1) is 0 Å². The maximum Gasteiger partial charge on any atom is 0.335 e. The summed E-state index contributed by atoms with van der Waals surface area (Å²) in [6.07, 6.45) is 2.81. The van der Waals surface area contributed by atoms with Crippen molar-refractivity contribution in [3.63, 3.8) is 0 Å². The summed E-state index contributed by atoms with van der Waals surface area (Å²) in [5.74, 6) is -0.0793. The predicted molar refractivity (Wildman–Crippen MR) is 187 cm³/mol. The lowest BCUT2D eigenvalue weighted by Crippen LogP contribution is -2.38. The first-order valence-corrected chi connectivity index (χ1v) is 16.2. The number of carbonyl (C=O) groups is 1. The molecule has 2 aliphatic rings. The van der Waals surface area contributed by atoms with Gasteiger partial charge in [-0.3, -0.25) is 4.90 Å². The van der Waals surface area contributed by atoms with Crippen molar-refractivity contribution in [1.82, 2.24) is 9.80 Å². The van der Waals surface area contributed by atoms with Crippen LogP contribution in [0.1, 0.15) is 21.5 Å². The molecule has 0 radical (unpaired) electrons. The Balaban J connectivity index is 1.21. The highest BCUT2D eigenvalue weighted by Gasteiger charge is 2.28. The minimum Gasteiger partial charge on any atom is -0.492 e. The maximum atomic E-state index is 11.2. The van der Waals surface area contributed by atoms with Gasteiger partial charge in [0.05, 0.1) is 23.7 Å². The standard InChI is InChI=1S/C35H32N2O4S3/c38-34(39)27-8-5-24(6-9-27)13-14-37-33(42)32(44-35(37)43)22-25-7-12-31(41-20-17-36-15-18-40-19-16-36)30(21-25)29-11-10-26-3-1-2-4-28(26)23-29/h1-12,21-23H,13-20H2,(H,38,39)/b32-22-. The van der Waals surface area contributed by atoms with Crippen LogP contribution in [0.2, 0.25) is 0 Å². The Labute approximate surface area is 272 Å². The molecule has 0 amide bonds. The van der Waals surface area contributed by atoms with E-state index in [2.05, 4.69) is 71.6 Å². The lowest BCUT2D eigenvalue weighted by molar-refractivity contribution is 0.0323. The minimum atomic E-state index is -0.930. The second-order valence-corrected chi connectivity index (χ2v) is 12.8. The molecule has 9 heteroatoms. The van der Waals surface area contributed by atoms with Crippen molar-refractivity contribution < 1.29 is 19.4 Å². The molecule has 0 bridgehead atoms. The summed E-state index contributed by atoms with van der Waals surface area (Å²) in [6, 6.07) is 28.1. The molecule has 2 aliphatic heterocycles. The van der Waals surface area contributed by atoms with E-state index in [-0.39, 0.29) is 5.56 Å². The number of nitrogens with zero attached hydrogens (tertiary/aromatic N) is 2. The van der Waals surface area contributed by atoms with E-state index >= 15 is 0 Å². The first kappa shape index (κ1) is 30.4. The van der Waals surface area contributed by atoms with Gasteiger partial charge in [-0.2, -0.15) is 0 Å². The van der Waals surface area contributed by atoms with Crippen LogP contribution in [0.4, 0.5) is 0 Å². The number of ether oxygens (including phenoxy) is 2. The van der Waals surface area contributed by atoms with Gasteiger partial charge in [0, 0.05) is 31.7 Å². The van der Waals surface area contributed by atoms with Gasteiger partial charge in [0.1, 0.15) is 21.7 Å². The second kappa shape index (κ2) is 14.0. The highest BCUT2D eigenvalue weighted by Crippen LogP contribution is 2.37. The van der Waals surface area contributed by atoms with Crippen molar-refractivity contribution >= 4 is 68.3 Å². The summed E-state index contributed by atoms with van der Waals surface area (Å²) in [6.45, 7) is 5.49. The number of hydrogen-bond acceptors (Lipinski definition) is 7. The van der Waals surface area contributed by atoms with Gasteiger partial charge in [-0.25, -0.2) is 4.79 Å². The highest BCUT2D eigenvalue weighted by molar-refractivity contribution is 8.27. The summed E-state index contributed by atoms with van der Waals surface area (Å²) in [7, 11) is 0. The van der Waals surface area contributed by atoms with Crippen LogP contribution >= 0.6 is 36.2 Å². The van der Waals surface area contributed by atoms with Gasteiger partial charge in [0.2, 0.25) is 0 Å². The summed E-state index contributed by atoms with van der Waals surface area (Å²) < 4.78 is 12.6. The number of thiocarbonyl (C=S) groups is 2. The van der Waals surface area contributed by atoms with Crippen LogP contribution in [0.3, 0.4) is 0 Å². The van der Waals surface area contributed by atoms with Crippen molar-refractivity contribution in [2.75, 3.05) is 46.0 Å². The Bertz CT molecular complexity index is 1730. The molecule has 1 N–H and O–H groups in total. The van der Waals surface area contributed by atoms with Gasteiger partial charge in [-0.1, -0.05) is 90.8 Å². The molecule has 2 fully saturated rings. The molecular formula is C35H32N2O4S3. The molecule has 224 valence electrons. The molecule has 0 unspecified atom stereocenters. The summed E-state index contributed by atoms with van der Waals surface area (Å²) in [4.78, 5) is 17.2. The number of hydrogen-bond donors (Lipinski definition) is 1. The van der Waals surface area contributed by atoms with E-state index in [9.17, 15) is 4.79 Å². The average molecular weight is 641 g/mol. The van der Waals surface area contributed by atoms with Crippen LogP contribution in [-0.2, 0) is 11.2 Å². The highest BCUT2D eigenvalue weighted by atomic mass is 32.2. The Morgan fingerprint density at radius 2 is 1.70 bits per heavy atom. The van der Waals surface area contributed by atoms with E-state index in [1.807, 2.05) is 17.0 Å². The third-order valence-electron chi connectivity index (χ3n) is 7.83. The van der Waals surface area contributed by atoms with Crippen molar-refractivity contribution in [3.8, 4) is 16.9 Å². The monoisotopic (exact) mass is 640 g/mol. The minimum absolute atomic E-state index is 0.276. The SMILES string of the molecule is O=C(O)c1ccc(CCN2C(=S)S/C(=C\c3ccc(OCCN4CCOCC4)c(-c4ccc5ccccc5c4)c3)C2=S)cc1. The van der Waals surface area contributed by atoms with Gasteiger partial charge >= 0.3 is 5.97 Å². The fourth-order valence-corrected chi connectivity index (χ4v) is 7.16. The van der Waals surface area contributed by atoms with Gasteiger partial charge in [-0.15, -0.1) is 0 Å². The molecule has 4 aromatic rings. The number of thioether (sulfide) groups is 1. The Kier molecular flexibility index (Phi) is 9.69. The van der Waals surface area contributed by atoms with Crippen molar-refractivity contribution in [2.24, 2.45) is 0 Å². The van der Waals surface area contributed by atoms with E-state index < -0.39 is 5.97 Å². The van der Waals surface area contributed by atoms with Crippen LogP contribution in [0.25, 0.3) is 28.0 Å². The van der Waals surface area contributed by atoms with Gasteiger partial charge in [0.25, 0.3) is 0 Å². The molecule has 44 heavy (non-hydrogen) atoms. The van der Waals surface area contributed by atoms with Crippen molar-refractivity contribution in [1.29, 1.82) is 0 Å². The number of benzene rings is 4. The van der Waals surface area contributed by atoms with E-state index in [4.69, 9.17) is 39.0 Å². The van der Waals surface area contributed by atoms with E-state index in [1.165, 1.54) is 22.5 Å². The molecule has 6 rings (SSSR count). The van der Waals surface area contributed by atoms with Crippen molar-refractivity contribution in [2.45, 2.75) is 6.42 Å². The zero-order chi connectivity index (χ0) is 30.5. The second-order valence-electron chi connectivity index (χ2n) is 10.7. The molecule has 0 saturated carbocycles. The van der Waals surface area contributed by atoms with Gasteiger partial charge in [0.15, 0.2) is 0 Å². The fraction of sp³-hybridized carbons (Fsp3) is 0.229. The normalized spacial score (nSPS) is 16.6. The average Bonchev–Trinajstić information content (AvgIpc) is 3.31. The number of carboxylic acids is 1. The molecule has 4 aromatic carbocycles. The third-order valence-corrected chi connectivity index (χ3v) is 9.80. The molecule has 0 atom stereocenters. The molecule has 0 aromatic heterocycles. The molecular weight excluding hydrogens is 609 g/mol. The quantitative estimate of drug-likeness (QED) is 0.144. The first-order valence-electron chi connectivity index (χ1n) is 14.6. The summed E-state index contributed by atoms with van der Waals surface area (Å²) >= 11 is 13.1. The third kappa shape index (κ3) is 7.20. The van der Waals surface area contributed by atoms with Crippen molar-refractivity contribution in [3.05, 3.63) is 107 Å². The zero-order valence-electron chi connectivity index (χ0n) is 24.1. The Morgan fingerprint density at radius 3 is 2.48 bits per heavy atom. The van der Waals surface area contributed by atoms with E-state index in [1.54, 1.807) is 12.1 Å². The summed E-state index contributed by atoms with van der Waals surface area (Å²) in [5, 5.41) is 11.5. The number of aromatic carboxylic acids is 1. The van der Waals surface area contributed by atoms with Crippen LogP contribution in [0.15, 0.2) is 89.8 Å². The zero-order valence-corrected chi connectivity index (χ0v) is 26.6. The molecule has 0 aliphatic carbocycles. The maximum absolute atomic E-state index is 11.2. The topological polar surface area (TPSA) is 62.2 Å².